The van der Waals surface area contributed by atoms with Gasteiger partial charge in [0.1, 0.15) is 0 Å². The van der Waals surface area contributed by atoms with E-state index in [9.17, 15) is 0 Å². The van der Waals surface area contributed by atoms with E-state index >= 15 is 0 Å². The topological polar surface area (TPSA) is 38.5 Å². The van der Waals surface area contributed by atoms with Gasteiger partial charge < -0.3 is 10.5 Å². The second-order valence-corrected chi connectivity index (χ2v) is 5.61. The van der Waals surface area contributed by atoms with Crippen LogP contribution in [0.25, 0.3) is 0 Å². The highest BCUT2D eigenvalue weighted by molar-refractivity contribution is 5.19. The van der Waals surface area contributed by atoms with Gasteiger partial charge in [-0.3, -0.25) is 4.90 Å². The Morgan fingerprint density at radius 2 is 2.05 bits per heavy atom. The molecule has 106 valence electrons. The normalized spacial score (nSPS) is 23.3. The van der Waals surface area contributed by atoms with Crippen molar-refractivity contribution in [3.05, 3.63) is 35.9 Å². The van der Waals surface area contributed by atoms with Crippen molar-refractivity contribution in [3.63, 3.8) is 0 Å². The fourth-order valence-corrected chi connectivity index (χ4v) is 2.67. The molecule has 0 amide bonds. The van der Waals surface area contributed by atoms with Gasteiger partial charge in [-0.15, -0.1) is 0 Å². The van der Waals surface area contributed by atoms with Crippen molar-refractivity contribution in [2.75, 3.05) is 20.2 Å². The number of hydrogen-bond donors (Lipinski definition) is 1. The standard InChI is InChI=1S/C16H26N2O/c1-13(16(17)14-8-4-3-5-9-14)18(2)12-15-10-6-7-11-19-15/h3-5,8-9,13,15-16H,6-7,10-12,17H2,1-2H3. The minimum Gasteiger partial charge on any atom is -0.377 e. The predicted octanol–water partition coefficient (Wildman–Crippen LogP) is 2.58. The molecule has 1 aliphatic heterocycles. The van der Waals surface area contributed by atoms with Gasteiger partial charge in [-0.05, 0) is 38.8 Å². The maximum absolute atomic E-state index is 6.36. The van der Waals surface area contributed by atoms with Crippen LogP contribution in [0, 0.1) is 0 Å². The molecule has 3 atom stereocenters. The van der Waals surface area contributed by atoms with E-state index < -0.39 is 0 Å². The number of rotatable bonds is 5. The van der Waals surface area contributed by atoms with E-state index in [1.165, 1.54) is 24.8 Å². The lowest BCUT2D eigenvalue weighted by Gasteiger charge is -2.34. The zero-order valence-electron chi connectivity index (χ0n) is 12.1. The molecule has 1 aromatic carbocycles. The number of benzene rings is 1. The fourth-order valence-electron chi connectivity index (χ4n) is 2.67. The summed E-state index contributed by atoms with van der Waals surface area (Å²) in [4.78, 5) is 2.33. The Bertz CT molecular complexity index is 362. The molecule has 1 saturated heterocycles. The number of nitrogens with two attached hydrogens (primary N) is 1. The molecule has 0 radical (unpaired) electrons. The monoisotopic (exact) mass is 262 g/mol. The first-order valence-electron chi connectivity index (χ1n) is 7.31. The first kappa shape index (κ1) is 14.5. The summed E-state index contributed by atoms with van der Waals surface area (Å²) in [6, 6.07) is 10.7. The maximum Gasteiger partial charge on any atom is 0.0702 e. The Balaban J connectivity index is 1.89. The van der Waals surface area contributed by atoms with Gasteiger partial charge in [-0.25, -0.2) is 0 Å². The smallest absolute Gasteiger partial charge is 0.0702 e. The van der Waals surface area contributed by atoms with Crippen LogP contribution in [0.3, 0.4) is 0 Å². The summed E-state index contributed by atoms with van der Waals surface area (Å²) in [5, 5.41) is 0. The average Bonchev–Trinajstić information content (AvgIpc) is 2.47. The molecule has 0 spiro atoms. The lowest BCUT2D eigenvalue weighted by atomic mass is 10.00. The summed E-state index contributed by atoms with van der Waals surface area (Å²) in [7, 11) is 2.14. The quantitative estimate of drug-likeness (QED) is 0.886. The van der Waals surface area contributed by atoms with Gasteiger partial charge >= 0.3 is 0 Å². The van der Waals surface area contributed by atoms with Crippen molar-refractivity contribution in [2.45, 2.75) is 44.4 Å². The van der Waals surface area contributed by atoms with E-state index in [0.29, 0.717) is 12.1 Å². The highest BCUT2D eigenvalue weighted by atomic mass is 16.5. The third-order valence-corrected chi connectivity index (χ3v) is 4.17. The number of nitrogens with zero attached hydrogens (tertiary/aromatic N) is 1. The highest BCUT2D eigenvalue weighted by Crippen LogP contribution is 2.20. The summed E-state index contributed by atoms with van der Waals surface area (Å²) >= 11 is 0. The molecule has 2 N–H and O–H groups in total. The predicted molar refractivity (Wildman–Crippen MR) is 79.1 cm³/mol. The molecule has 0 aromatic heterocycles. The SMILES string of the molecule is CC(C(N)c1ccccc1)N(C)CC1CCCCO1. The van der Waals surface area contributed by atoms with Crippen LogP contribution in [0.1, 0.15) is 37.8 Å². The first-order valence-corrected chi connectivity index (χ1v) is 7.31. The molecule has 3 unspecified atom stereocenters. The molecule has 0 saturated carbocycles. The number of ether oxygens (including phenoxy) is 1. The van der Waals surface area contributed by atoms with Crippen LogP contribution in [-0.2, 0) is 4.74 Å². The van der Waals surface area contributed by atoms with E-state index in [1.807, 2.05) is 18.2 Å². The molecule has 1 aromatic rings. The lowest BCUT2D eigenvalue weighted by molar-refractivity contribution is -0.00867. The zero-order valence-corrected chi connectivity index (χ0v) is 12.1. The molecule has 1 aliphatic rings. The van der Waals surface area contributed by atoms with E-state index in [2.05, 4.69) is 31.0 Å². The third kappa shape index (κ3) is 4.03. The minimum absolute atomic E-state index is 0.0507. The van der Waals surface area contributed by atoms with Gasteiger partial charge in [0.05, 0.1) is 6.10 Å². The zero-order chi connectivity index (χ0) is 13.7. The van der Waals surface area contributed by atoms with Crippen molar-refractivity contribution in [1.29, 1.82) is 0 Å². The Morgan fingerprint density at radius 1 is 1.32 bits per heavy atom. The van der Waals surface area contributed by atoms with Crippen LogP contribution in [0.5, 0.6) is 0 Å². The summed E-state index contributed by atoms with van der Waals surface area (Å²) < 4.78 is 5.80. The summed E-state index contributed by atoms with van der Waals surface area (Å²) in [5.41, 5.74) is 7.56. The van der Waals surface area contributed by atoms with Crippen LogP contribution in [0.4, 0.5) is 0 Å². The molecule has 19 heavy (non-hydrogen) atoms. The second kappa shape index (κ2) is 7.04. The minimum atomic E-state index is 0.0507. The molecular weight excluding hydrogens is 236 g/mol. The van der Waals surface area contributed by atoms with E-state index in [-0.39, 0.29) is 6.04 Å². The van der Waals surface area contributed by atoms with E-state index in [1.54, 1.807) is 0 Å². The summed E-state index contributed by atoms with van der Waals surface area (Å²) in [5.74, 6) is 0. The van der Waals surface area contributed by atoms with Gasteiger partial charge in [-0.2, -0.15) is 0 Å². The van der Waals surface area contributed by atoms with Crippen molar-refractivity contribution in [1.82, 2.24) is 4.90 Å². The maximum atomic E-state index is 6.36. The van der Waals surface area contributed by atoms with Crippen molar-refractivity contribution >= 4 is 0 Å². The Labute approximate surface area is 116 Å². The Hall–Kier alpha value is -0.900. The molecule has 1 fully saturated rings. The fraction of sp³-hybridized carbons (Fsp3) is 0.625. The van der Waals surface area contributed by atoms with Crippen LogP contribution in [0.15, 0.2) is 30.3 Å². The number of hydrogen-bond acceptors (Lipinski definition) is 3. The molecule has 1 heterocycles. The van der Waals surface area contributed by atoms with Crippen LogP contribution >= 0.6 is 0 Å². The molecule has 3 nitrogen and oxygen atoms in total. The van der Waals surface area contributed by atoms with Crippen LogP contribution < -0.4 is 5.73 Å². The van der Waals surface area contributed by atoms with Crippen LogP contribution in [0.2, 0.25) is 0 Å². The molecular formula is C16H26N2O. The van der Waals surface area contributed by atoms with Crippen molar-refractivity contribution < 1.29 is 4.74 Å². The van der Waals surface area contributed by atoms with Gasteiger partial charge in [0.15, 0.2) is 0 Å². The largest absolute Gasteiger partial charge is 0.377 e. The second-order valence-electron chi connectivity index (χ2n) is 5.61. The Kier molecular flexibility index (Phi) is 5.37. The Morgan fingerprint density at radius 3 is 2.68 bits per heavy atom. The van der Waals surface area contributed by atoms with E-state index in [0.717, 1.165) is 13.2 Å². The molecule has 2 rings (SSSR count). The highest BCUT2D eigenvalue weighted by Gasteiger charge is 2.23. The third-order valence-electron chi connectivity index (χ3n) is 4.17. The molecule has 3 heteroatoms. The van der Waals surface area contributed by atoms with Crippen molar-refractivity contribution in [3.8, 4) is 0 Å². The van der Waals surface area contributed by atoms with Crippen molar-refractivity contribution in [2.24, 2.45) is 5.73 Å². The van der Waals surface area contributed by atoms with Gasteiger partial charge in [0, 0.05) is 25.2 Å². The molecule has 0 aliphatic carbocycles. The summed E-state index contributed by atoms with van der Waals surface area (Å²) in [6.07, 6.45) is 4.05. The van der Waals surface area contributed by atoms with Gasteiger partial charge in [0.25, 0.3) is 0 Å². The lowest BCUT2D eigenvalue weighted by Crippen LogP contribution is -2.43. The molecule has 0 bridgehead atoms. The average molecular weight is 262 g/mol. The van der Waals surface area contributed by atoms with Crippen LogP contribution in [-0.4, -0.2) is 37.2 Å². The van der Waals surface area contributed by atoms with Gasteiger partial charge in [0.2, 0.25) is 0 Å². The van der Waals surface area contributed by atoms with E-state index in [4.69, 9.17) is 10.5 Å². The first-order chi connectivity index (χ1) is 9.18. The number of likely N-dealkylation sites (N-methyl/N-ethyl adjacent to an activating group) is 1. The van der Waals surface area contributed by atoms with Gasteiger partial charge in [-0.1, -0.05) is 30.3 Å². The summed E-state index contributed by atoms with van der Waals surface area (Å²) in [6.45, 7) is 4.08.